The van der Waals surface area contributed by atoms with Gasteiger partial charge in [-0.15, -0.1) is 0 Å². The van der Waals surface area contributed by atoms with Crippen molar-refractivity contribution in [1.29, 1.82) is 0 Å². The van der Waals surface area contributed by atoms with Crippen LogP contribution in [0.15, 0.2) is 97.1 Å². The summed E-state index contributed by atoms with van der Waals surface area (Å²) in [4.78, 5) is 29.6. The van der Waals surface area contributed by atoms with Gasteiger partial charge in [0, 0.05) is 22.7 Å². The van der Waals surface area contributed by atoms with Gasteiger partial charge in [-0.1, -0.05) is 70.8 Å². The van der Waals surface area contributed by atoms with Gasteiger partial charge in [0.15, 0.2) is 0 Å². The zero-order valence-corrected chi connectivity index (χ0v) is 26.3. The van der Waals surface area contributed by atoms with Crippen LogP contribution in [0, 0.1) is 27.7 Å². The van der Waals surface area contributed by atoms with Gasteiger partial charge in [0.1, 0.15) is 0 Å². The van der Waals surface area contributed by atoms with Crippen molar-refractivity contribution < 1.29 is 9.59 Å². The summed E-state index contributed by atoms with van der Waals surface area (Å²) < 4.78 is 0. The van der Waals surface area contributed by atoms with Crippen LogP contribution in [-0.2, 0) is 9.59 Å². The molecule has 0 radical (unpaired) electrons. The zero-order valence-electron chi connectivity index (χ0n) is 26.3. The minimum atomic E-state index is -0.0809. The van der Waals surface area contributed by atoms with E-state index in [4.69, 9.17) is 0 Å². The van der Waals surface area contributed by atoms with Crippen LogP contribution in [-0.4, -0.2) is 37.0 Å². The first-order valence-corrected chi connectivity index (χ1v) is 15.7. The Labute approximate surface area is 262 Å². The molecule has 2 amide bonds. The molecule has 2 saturated heterocycles. The molecule has 2 heterocycles. The maximum absolute atomic E-state index is 13.0. The van der Waals surface area contributed by atoms with Crippen LogP contribution in [0.2, 0.25) is 0 Å². The van der Waals surface area contributed by atoms with Crippen molar-refractivity contribution in [3.63, 3.8) is 0 Å². The van der Waals surface area contributed by atoms with E-state index in [1.807, 2.05) is 107 Å². The average molecular weight is 589 g/mol. The molecule has 0 saturated carbocycles. The Bertz CT molecular complexity index is 1310. The molecule has 2 aliphatic heterocycles. The number of nitrogens with one attached hydrogen (secondary N) is 2. The molecule has 0 spiro atoms. The highest BCUT2D eigenvalue weighted by atomic mass is 16.2. The third-order valence-electron chi connectivity index (χ3n) is 8.33. The van der Waals surface area contributed by atoms with Gasteiger partial charge in [-0.25, -0.2) is 0 Å². The molecule has 44 heavy (non-hydrogen) atoms. The zero-order chi connectivity index (χ0) is 31.1. The van der Waals surface area contributed by atoms with Gasteiger partial charge in [0.25, 0.3) is 0 Å². The molecule has 2 N–H and O–H groups in total. The summed E-state index contributed by atoms with van der Waals surface area (Å²) in [5, 5.41) is 6.62. The first kappa shape index (κ1) is 31.2. The fourth-order valence-corrected chi connectivity index (χ4v) is 5.68. The molecule has 0 unspecified atom stereocenters. The maximum Gasteiger partial charge on any atom is 0.248 e. The first-order chi connectivity index (χ1) is 21.3. The third-order valence-corrected chi connectivity index (χ3v) is 8.33. The normalized spacial score (nSPS) is 17.5. The van der Waals surface area contributed by atoms with E-state index in [1.54, 1.807) is 0 Å². The predicted molar refractivity (Wildman–Crippen MR) is 181 cm³/mol. The van der Waals surface area contributed by atoms with Crippen molar-refractivity contribution in [1.82, 2.24) is 10.6 Å². The van der Waals surface area contributed by atoms with Gasteiger partial charge in [0.05, 0.1) is 12.1 Å². The molecule has 4 aromatic rings. The molecule has 2 atom stereocenters. The van der Waals surface area contributed by atoms with Crippen LogP contribution in [0.3, 0.4) is 0 Å². The topological polar surface area (TPSA) is 64.7 Å². The average Bonchev–Trinajstić information content (AvgIpc) is 3.77. The number of rotatable bonds is 6. The molecule has 4 aromatic carbocycles. The second-order valence-electron chi connectivity index (χ2n) is 12.0. The lowest BCUT2D eigenvalue weighted by atomic mass is 10.1. The molecule has 2 aliphatic rings. The summed E-state index contributed by atoms with van der Waals surface area (Å²) in [5.41, 5.74) is 8.47. The molecular weight excluding hydrogens is 544 g/mol. The number of aryl methyl sites for hydroxylation is 4. The van der Waals surface area contributed by atoms with E-state index in [0.29, 0.717) is 0 Å². The molecule has 0 aliphatic carbocycles. The Kier molecular flexibility index (Phi) is 10.3. The highest BCUT2D eigenvalue weighted by molar-refractivity contribution is 6.04. The SMILES string of the molecule is Cc1ccc(N(C(=O)[C@@H]2CCCN2)c2ccc(C)cc2)cc1.Cc1ccc(N(C(=O)[C@H]2CCCN2)c2ccc(C)cc2)cc1. The van der Waals surface area contributed by atoms with Crippen molar-refractivity contribution in [3.05, 3.63) is 119 Å². The predicted octanol–water partition coefficient (Wildman–Crippen LogP) is 7.44. The first-order valence-electron chi connectivity index (χ1n) is 15.7. The highest BCUT2D eigenvalue weighted by Crippen LogP contribution is 2.29. The van der Waals surface area contributed by atoms with Crippen LogP contribution in [0.25, 0.3) is 0 Å². The summed E-state index contributed by atoms with van der Waals surface area (Å²) >= 11 is 0. The van der Waals surface area contributed by atoms with E-state index >= 15 is 0 Å². The molecule has 2 fully saturated rings. The van der Waals surface area contributed by atoms with Gasteiger partial charge in [0.2, 0.25) is 11.8 Å². The lowest BCUT2D eigenvalue weighted by Gasteiger charge is -2.26. The van der Waals surface area contributed by atoms with Crippen LogP contribution < -0.4 is 20.4 Å². The minimum Gasteiger partial charge on any atom is -0.306 e. The largest absolute Gasteiger partial charge is 0.306 e. The number of carbonyl (C=O) groups is 2. The smallest absolute Gasteiger partial charge is 0.248 e. The van der Waals surface area contributed by atoms with Crippen molar-refractivity contribution in [2.45, 2.75) is 65.5 Å². The molecule has 6 heteroatoms. The number of nitrogens with zero attached hydrogens (tertiary/aromatic N) is 2. The van der Waals surface area contributed by atoms with Crippen molar-refractivity contribution >= 4 is 34.6 Å². The molecule has 6 nitrogen and oxygen atoms in total. The summed E-state index contributed by atoms with van der Waals surface area (Å²) in [6.07, 6.45) is 3.94. The third kappa shape index (κ3) is 7.62. The quantitative estimate of drug-likeness (QED) is 0.246. The molecular formula is C38H44N4O2. The summed E-state index contributed by atoms with van der Waals surface area (Å²) in [7, 11) is 0. The van der Waals surface area contributed by atoms with Gasteiger partial charge >= 0.3 is 0 Å². The highest BCUT2D eigenvalue weighted by Gasteiger charge is 2.30. The van der Waals surface area contributed by atoms with Crippen molar-refractivity contribution in [3.8, 4) is 0 Å². The van der Waals surface area contributed by atoms with E-state index in [0.717, 1.165) is 61.5 Å². The standard InChI is InChI=1S/2C19H22N2O/c2*1-14-5-9-16(10-6-14)21(17-11-7-15(2)8-12-17)19(22)18-4-3-13-20-18/h2*5-12,18,20H,3-4,13H2,1-2H3/t2*18-/m10/s1. The second kappa shape index (κ2) is 14.5. The Balaban J connectivity index is 0.000000175. The Morgan fingerprint density at radius 2 is 0.727 bits per heavy atom. The summed E-state index contributed by atoms with van der Waals surface area (Å²) in [6, 6.07) is 32.3. The minimum absolute atomic E-state index is 0.0809. The van der Waals surface area contributed by atoms with Crippen molar-refractivity contribution in [2.24, 2.45) is 0 Å². The van der Waals surface area contributed by atoms with Crippen LogP contribution in [0.4, 0.5) is 22.7 Å². The van der Waals surface area contributed by atoms with Gasteiger partial charge in [-0.05, 0) is 115 Å². The molecule has 6 rings (SSSR count). The number of carbonyl (C=O) groups excluding carboxylic acids is 2. The summed E-state index contributed by atoms with van der Waals surface area (Å²) in [6.45, 7) is 10.1. The monoisotopic (exact) mass is 588 g/mol. The lowest BCUT2D eigenvalue weighted by Crippen LogP contribution is -2.41. The molecule has 228 valence electrons. The Morgan fingerprint density at radius 1 is 0.477 bits per heavy atom. The molecule has 0 bridgehead atoms. The number of anilines is 4. The van der Waals surface area contributed by atoms with E-state index < -0.39 is 0 Å². The van der Waals surface area contributed by atoms with Gasteiger partial charge < -0.3 is 10.6 Å². The van der Waals surface area contributed by atoms with E-state index in [9.17, 15) is 9.59 Å². The molecule has 0 aromatic heterocycles. The lowest BCUT2D eigenvalue weighted by molar-refractivity contribution is -0.120. The van der Waals surface area contributed by atoms with E-state index in [2.05, 4.69) is 38.3 Å². The van der Waals surface area contributed by atoms with E-state index in [-0.39, 0.29) is 23.9 Å². The van der Waals surface area contributed by atoms with Gasteiger partial charge in [-0.3, -0.25) is 19.4 Å². The fourth-order valence-electron chi connectivity index (χ4n) is 5.68. The van der Waals surface area contributed by atoms with Gasteiger partial charge in [-0.2, -0.15) is 0 Å². The number of hydrogen-bond acceptors (Lipinski definition) is 4. The van der Waals surface area contributed by atoms with Crippen LogP contribution >= 0.6 is 0 Å². The fraction of sp³-hybridized carbons (Fsp3) is 0.316. The Morgan fingerprint density at radius 3 is 0.932 bits per heavy atom. The van der Waals surface area contributed by atoms with Crippen LogP contribution in [0.5, 0.6) is 0 Å². The number of benzene rings is 4. The Hall–Kier alpha value is -4.26. The number of hydrogen-bond donors (Lipinski definition) is 2. The second-order valence-corrected chi connectivity index (χ2v) is 12.0. The maximum atomic E-state index is 13.0. The van der Waals surface area contributed by atoms with Crippen molar-refractivity contribution in [2.75, 3.05) is 22.9 Å². The number of amides is 2. The van der Waals surface area contributed by atoms with Crippen LogP contribution in [0.1, 0.15) is 47.9 Å². The van der Waals surface area contributed by atoms with E-state index in [1.165, 1.54) is 22.3 Å². The summed E-state index contributed by atoms with van der Waals surface area (Å²) in [5.74, 6) is 0.260.